The molecule has 3 aromatic rings. The number of halogens is 1. The van der Waals surface area contributed by atoms with Crippen molar-refractivity contribution in [3.05, 3.63) is 89.1 Å². The molecule has 0 aliphatic carbocycles. The van der Waals surface area contributed by atoms with Crippen LogP contribution in [0, 0.1) is 0 Å². The van der Waals surface area contributed by atoms with E-state index in [4.69, 9.17) is 16.3 Å². The standard InChI is InChI=1S/C29H31ClN2O2/c1-20(29-24(19-33)6-5-7-28(29)23-8-10-25(30)11-9-23)16-31(4)26-12-14-27(15-13-26)32-17-21(2)34-22(3)18-32/h5-16,19,21-22H,17-18H2,1-4H3/b20-16-. The van der Waals surface area contributed by atoms with Crippen molar-refractivity contribution in [2.24, 2.45) is 0 Å². The van der Waals surface area contributed by atoms with Crippen molar-refractivity contribution in [1.29, 1.82) is 0 Å². The Kier molecular flexibility index (Phi) is 7.40. The highest BCUT2D eigenvalue weighted by Gasteiger charge is 2.22. The number of rotatable bonds is 6. The minimum absolute atomic E-state index is 0.226. The third-order valence-electron chi connectivity index (χ3n) is 6.20. The number of ether oxygens (including phenoxy) is 1. The van der Waals surface area contributed by atoms with Crippen molar-refractivity contribution >= 4 is 34.8 Å². The van der Waals surface area contributed by atoms with Crippen LogP contribution in [-0.2, 0) is 4.74 Å². The Labute approximate surface area is 207 Å². The summed E-state index contributed by atoms with van der Waals surface area (Å²) in [4.78, 5) is 16.4. The van der Waals surface area contributed by atoms with Crippen LogP contribution in [0.4, 0.5) is 11.4 Å². The first-order valence-electron chi connectivity index (χ1n) is 11.6. The van der Waals surface area contributed by atoms with E-state index in [9.17, 15) is 4.79 Å². The molecular weight excluding hydrogens is 444 g/mol. The lowest BCUT2D eigenvalue weighted by atomic mass is 9.91. The highest BCUT2D eigenvalue weighted by molar-refractivity contribution is 6.30. The van der Waals surface area contributed by atoms with Crippen molar-refractivity contribution in [2.45, 2.75) is 33.0 Å². The Morgan fingerprint density at radius 1 is 1.00 bits per heavy atom. The number of benzene rings is 3. The third kappa shape index (κ3) is 5.35. The molecule has 4 rings (SSSR count). The largest absolute Gasteiger partial charge is 0.372 e. The van der Waals surface area contributed by atoms with Crippen LogP contribution in [0.3, 0.4) is 0 Å². The fourth-order valence-corrected chi connectivity index (χ4v) is 4.82. The van der Waals surface area contributed by atoms with Gasteiger partial charge in [0.2, 0.25) is 0 Å². The predicted molar refractivity (Wildman–Crippen MR) is 143 cm³/mol. The number of morpholine rings is 1. The molecule has 5 heteroatoms. The normalized spacial score (nSPS) is 18.6. The van der Waals surface area contributed by atoms with Crippen LogP contribution >= 0.6 is 11.6 Å². The van der Waals surface area contributed by atoms with Crippen LogP contribution in [0.2, 0.25) is 5.02 Å². The van der Waals surface area contributed by atoms with E-state index in [1.54, 1.807) is 0 Å². The quantitative estimate of drug-likeness (QED) is 0.362. The molecule has 0 aromatic heterocycles. The second-order valence-corrected chi connectivity index (χ2v) is 9.43. The molecule has 2 atom stereocenters. The summed E-state index contributed by atoms with van der Waals surface area (Å²) < 4.78 is 5.86. The molecule has 1 aliphatic heterocycles. The zero-order chi connectivity index (χ0) is 24.2. The summed E-state index contributed by atoms with van der Waals surface area (Å²) in [6.45, 7) is 8.08. The number of carbonyl (C=O) groups excluding carboxylic acids is 1. The highest BCUT2D eigenvalue weighted by atomic mass is 35.5. The summed E-state index contributed by atoms with van der Waals surface area (Å²) in [5, 5.41) is 0.688. The van der Waals surface area contributed by atoms with E-state index in [0.29, 0.717) is 10.6 Å². The van der Waals surface area contributed by atoms with Gasteiger partial charge in [-0.3, -0.25) is 4.79 Å². The van der Waals surface area contributed by atoms with Crippen molar-refractivity contribution in [3.8, 4) is 11.1 Å². The molecule has 0 spiro atoms. The number of nitrogens with zero attached hydrogens (tertiary/aromatic N) is 2. The van der Waals surface area contributed by atoms with Gasteiger partial charge in [-0.2, -0.15) is 0 Å². The van der Waals surface area contributed by atoms with Gasteiger partial charge in [0, 0.05) is 48.3 Å². The lowest BCUT2D eigenvalue weighted by Crippen LogP contribution is -2.45. The molecular formula is C29H31ClN2O2. The van der Waals surface area contributed by atoms with Gasteiger partial charge in [-0.15, -0.1) is 0 Å². The topological polar surface area (TPSA) is 32.8 Å². The summed E-state index contributed by atoms with van der Waals surface area (Å²) in [5.74, 6) is 0. The van der Waals surface area contributed by atoms with Crippen LogP contribution < -0.4 is 9.80 Å². The molecule has 0 amide bonds. The number of carbonyl (C=O) groups is 1. The summed E-state index contributed by atoms with van der Waals surface area (Å²) in [5.41, 5.74) is 6.92. The average molecular weight is 475 g/mol. The van der Waals surface area contributed by atoms with Crippen molar-refractivity contribution in [2.75, 3.05) is 29.9 Å². The van der Waals surface area contributed by atoms with Gasteiger partial charge >= 0.3 is 0 Å². The number of aldehydes is 1. The monoisotopic (exact) mass is 474 g/mol. The lowest BCUT2D eigenvalue weighted by molar-refractivity contribution is -0.00521. The second-order valence-electron chi connectivity index (χ2n) is 9.00. The van der Waals surface area contributed by atoms with Gasteiger partial charge in [-0.25, -0.2) is 0 Å². The number of hydrogen-bond acceptors (Lipinski definition) is 4. The molecule has 3 aromatic carbocycles. The molecule has 176 valence electrons. The Morgan fingerprint density at radius 3 is 2.26 bits per heavy atom. The molecule has 0 saturated carbocycles. The maximum Gasteiger partial charge on any atom is 0.150 e. The summed E-state index contributed by atoms with van der Waals surface area (Å²) in [6, 6.07) is 22.1. The van der Waals surface area contributed by atoms with E-state index in [1.807, 2.05) is 56.4 Å². The van der Waals surface area contributed by atoms with Crippen molar-refractivity contribution in [3.63, 3.8) is 0 Å². The molecule has 0 bridgehead atoms. The molecule has 4 nitrogen and oxygen atoms in total. The van der Waals surface area contributed by atoms with E-state index in [2.05, 4.69) is 54.1 Å². The van der Waals surface area contributed by atoms with E-state index >= 15 is 0 Å². The first-order chi connectivity index (χ1) is 16.4. The van der Waals surface area contributed by atoms with E-state index in [0.717, 1.165) is 47.3 Å². The molecule has 34 heavy (non-hydrogen) atoms. The summed E-state index contributed by atoms with van der Waals surface area (Å²) in [7, 11) is 2.03. The molecule has 1 heterocycles. The summed E-state index contributed by atoms with van der Waals surface area (Å²) in [6.07, 6.45) is 3.45. The second kappa shape index (κ2) is 10.5. The minimum Gasteiger partial charge on any atom is -0.372 e. The molecule has 0 N–H and O–H groups in total. The smallest absolute Gasteiger partial charge is 0.150 e. The average Bonchev–Trinajstić information content (AvgIpc) is 2.83. The third-order valence-corrected chi connectivity index (χ3v) is 6.45. The Bertz CT molecular complexity index is 1160. The van der Waals surface area contributed by atoms with E-state index in [1.165, 1.54) is 5.69 Å². The van der Waals surface area contributed by atoms with Gasteiger partial charge < -0.3 is 14.5 Å². The van der Waals surface area contributed by atoms with Gasteiger partial charge in [0.1, 0.15) is 0 Å². The van der Waals surface area contributed by atoms with E-state index in [-0.39, 0.29) is 12.2 Å². The van der Waals surface area contributed by atoms with Crippen LogP contribution in [0.5, 0.6) is 0 Å². The van der Waals surface area contributed by atoms with Gasteiger partial charge in [0.15, 0.2) is 6.29 Å². The Balaban J connectivity index is 1.61. The lowest BCUT2D eigenvalue weighted by Gasteiger charge is -2.37. The van der Waals surface area contributed by atoms with Crippen molar-refractivity contribution < 1.29 is 9.53 Å². The van der Waals surface area contributed by atoms with Crippen LogP contribution in [0.15, 0.2) is 72.9 Å². The number of hydrogen-bond donors (Lipinski definition) is 0. The van der Waals surface area contributed by atoms with Gasteiger partial charge in [0.05, 0.1) is 12.2 Å². The fraction of sp³-hybridized carbons (Fsp3) is 0.276. The molecule has 1 aliphatic rings. The first kappa shape index (κ1) is 24.1. The molecule has 2 unspecified atom stereocenters. The van der Waals surface area contributed by atoms with Crippen LogP contribution in [0.1, 0.15) is 36.7 Å². The van der Waals surface area contributed by atoms with Crippen LogP contribution in [0.25, 0.3) is 16.7 Å². The first-order valence-corrected chi connectivity index (χ1v) is 12.0. The molecule has 0 radical (unpaired) electrons. The zero-order valence-electron chi connectivity index (χ0n) is 20.2. The molecule has 1 fully saturated rings. The number of allylic oxidation sites excluding steroid dienone is 1. The van der Waals surface area contributed by atoms with Gasteiger partial charge in [-0.1, -0.05) is 41.9 Å². The minimum atomic E-state index is 0.226. The Hall–Kier alpha value is -3.08. The Morgan fingerprint density at radius 2 is 1.65 bits per heavy atom. The maximum atomic E-state index is 11.9. The van der Waals surface area contributed by atoms with Gasteiger partial charge in [0.25, 0.3) is 0 Å². The van der Waals surface area contributed by atoms with Crippen molar-refractivity contribution in [1.82, 2.24) is 0 Å². The zero-order valence-corrected chi connectivity index (χ0v) is 20.9. The highest BCUT2D eigenvalue weighted by Crippen LogP contribution is 2.33. The molecule has 1 saturated heterocycles. The van der Waals surface area contributed by atoms with Crippen LogP contribution in [-0.4, -0.2) is 38.6 Å². The predicted octanol–water partition coefficient (Wildman–Crippen LogP) is 6.93. The van der Waals surface area contributed by atoms with E-state index < -0.39 is 0 Å². The maximum absolute atomic E-state index is 11.9. The number of anilines is 2. The SMILES string of the molecule is C/C(=C/N(C)c1ccc(N2CC(C)OC(C)C2)cc1)c1c(C=O)cccc1-c1ccc(Cl)cc1. The van der Waals surface area contributed by atoms with Gasteiger partial charge in [-0.05, 0) is 79.4 Å². The fourth-order valence-electron chi connectivity index (χ4n) is 4.70. The summed E-state index contributed by atoms with van der Waals surface area (Å²) >= 11 is 6.09.